The van der Waals surface area contributed by atoms with Gasteiger partial charge in [-0.25, -0.2) is 5.06 Å². The molecule has 0 saturated carbocycles. The van der Waals surface area contributed by atoms with E-state index in [1.807, 2.05) is 0 Å². The molecule has 0 aliphatic heterocycles. The number of methoxy groups -OCH3 is 1. The van der Waals surface area contributed by atoms with Crippen molar-refractivity contribution in [1.82, 2.24) is 5.06 Å². The number of carbonyl (C=O) groups excluding carboxylic acids is 1. The third kappa shape index (κ3) is 3.68. The van der Waals surface area contributed by atoms with E-state index >= 15 is 0 Å². The SMILES string of the molecule is COCO[C@@H](C(=O)N(C)OC)c1ccccc1Cl. The van der Waals surface area contributed by atoms with E-state index in [9.17, 15) is 4.79 Å². The lowest BCUT2D eigenvalue weighted by molar-refractivity contribution is -0.187. The first kappa shape index (κ1) is 14.9. The lowest BCUT2D eigenvalue weighted by Gasteiger charge is -2.22. The van der Waals surface area contributed by atoms with Gasteiger partial charge in [0.1, 0.15) is 6.79 Å². The van der Waals surface area contributed by atoms with Gasteiger partial charge in [-0.15, -0.1) is 0 Å². The van der Waals surface area contributed by atoms with E-state index in [1.165, 1.54) is 21.3 Å². The molecule has 0 saturated heterocycles. The molecule has 1 aromatic rings. The van der Waals surface area contributed by atoms with Gasteiger partial charge in [-0.3, -0.25) is 9.63 Å². The Morgan fingerprint density at radius 3 is 2.61 bits per heavy atom. The summed E-state index contributed by atoms with van der Waals surface area (Å²) in [6, 6.07) is 6.98. The van der Waals surface area contributed by atoms with Crippen molar-refractivity contribution in [2.45, 2.75) is 6.10 Å². The van der Waals surface area contributed by atoms with Crippen molar-refractivity contribution in [3.8, 4) is 0 Å². The Kier molecular flexibility index (Phi) is 6.07. The van der Waals surface area contributed by atoms with E-state index in [4.69, 9.17) is 25.9 Å². The van der Waals surface area contributed by atoms with Crippen LogP contribution in [0.1, 0.15) is 11.7 Å². The molecule has 100 valence electrons. The highest BCUT2D eigenvalue weighted by Crippen LogP contribution is 2.27. The smallest absolute Gasteiger partial charge is 0.279 e. The van der Waals surface area contributed by atoms with Crippen LogP contribution in [0.15, 0.2) is 24.3 Å². The Bertz CT molecular complexity index is 399. The number of hydroxylamine groups is 2. The van der Waals surface area contributed by atoms with Gasteiger partial charge in [-0.05, 0) is 6.07 Å². The molecule has 6 heteroatoms. The number of benzene rings is 1. The Balaban J connectivity index is 2.98. The van der Waals surface area contributed by atoms with Crippen LogP contribution in [0, 0.1) is 0 Å². The van der Waals surface area contributed by atoms with Crippen LogP contribution in [0.3, 0.4) is 0 Å². The topological polar surface area (TPSA) is 48.0 Å². The van der Waals surface area contributed by atoms with Crippen LogP contribution < -0.4 is 0 Å². The predicted octanol–water partition coefficient (Wildman–Crippen LogP) is 2.02. The van der Waals surface area contributed by atoms with Gasteiger partial charge >= 0.3 is 0 Å². The molecular weight excluding hydrogens is 258 g/mol. The average molecular weight is 274 g/mol. The zero-order chi connectivity index (χ0) is 13.5. The number of rotatable bonds is 6. The maximum atomic E-state index is 12.1. The highest BCUT2D eigenvalue weighted by atomic mass is 35.5. The fraction of sp³-hybridized carbons (Fsp3) is 0.417. The van der Waals surface area contributed by atoms with Gasteiger partial charge in [-0.1, -0.05) is 29.8 Å². The molecule has 1 atom stereocenters. The van der Waals surface area contributed by atoms with E-state index in [-0.39, 0.29) is 12.7 Å². The number of halogens is 1. The maximum absolute atomic E-state index is 12.1. The van der Waals surface area contributed by atoms with E-state index in [0.29, 0.717) is 10.6 Å². The number of amides is 1. The summed E-state index contributed by atoms with van der Waals surface area (Å²) in [5.41, 5.74) is 0.574. The molecule has 0 radical (unpaired) electrons. The van der Waals surface area contributed by atoms with Crippen molar-refractivity contribution in [2.75, 3.05) is 28.1 Å². The zero-order valence-electron chi connectivity index (χ0n) is 10.6. The second-order valence-electron chi connectivity index (χ2n) is 3.49. The van der Waals surface area contributed by atoms with Crippen LogP contribution in [0.5, 0.6) is 0 Å². The van der Waals surface area contributed by atoms with Gasteiger partial charge in [0.2, 0.25) is 0 Å². The lowest BCUT2D eigenvalue weighted by Crippen LogP contribution is -2.32. The number of hydrogen-bond donors (Lipinski definition) is 0. The number of ether oxygens (including phenoxy) is 2. The summed E-state index contributed by atoms with van der Waals surface area (Å²) in [5.74, 6) is -0.359. The Hall–Kier alpha value is -1.14. The van der Waals surface area contributed by atoms with Crippen LogP contribution in [0.2, 0.25) is 5.02 Å². The molecular formula is C12H16ClNO4. The predicted molar refractivity (Wildman–Crippen MR) is 66.9 cm³/mol. The molecule has 5 nitrogen and oxygen atoms in total. The van der Waals surface area contributed by atoms with Crippen LogP contribution in [0.4, 0.5) is 0 Å². The highest BCUT2D eigenvalue weighted by Gasteiger charge is 2.26. The molecule has 0 heterocycles. The van der Waals surface area contributed by atoms with Crippen molar-refractivity contribution >= 4 is 17.5 Å². The van der Waals surface area contributed by atoms with Gasteiger partial charge in [0, 0.05) is 24.7 Å². The first-order valence-corrected chi connectivity index (χ1v) is 5.66. The first-order valence-electron chi connectivity index (χ1n) is 5.28. The molecule has 0 spiro atoms. The third-order valence-electron chi connectivity index (χ3n) is 2.35. The molecule has 1 rings (SSSR count). The highest BCUT2D eigenvalue weighted by molar-refractivity contribution is 6.31. The molecule has 0 aliphatic rings. The van der Waals surface area contributed by atoms with Gasteiger partial charge in [0.05, 0.1) is 7.11 Å². The minimum Gasteiger partial charge on any atom is -0.359 e. The standard InChI is InChI=1S/C12H16ClNO4/c1-14(17-3)12(15)11(18-8-16-2)9-6-4-5-7-10(9)13/h4-7,11H,8H2,1-3H3/t11-/m1/s1. The van der Waals surface area contributed by atoms with Crippen LogP contribution in [-0.2, 0) is 19.1 Å². The molecule has 0 aromatic heterocycles. The second kappa shape index (κ2) is 7.33. The molecule has 0 fully saturated rings. The summed E-state index contributed by atoms with van der Waals surface area (Å²) in [7, 11) is 4.38. The molecule has 0 aliphatic carbocycles. The zero-order valence-corrected chi connectivity index (χ0v) is 11.3. The fourth-order valence-corrected chi connectivity index (χ4v) is 1.61. The Morgan fingerprint density at radius 2 is 2.06 bits per heavy atom. The van der Waals surface area contributed by atoms with E-state index < -0.39 is 6.10 Å². The van der Waals surface area contributed by atoms with Gasteiger partial charge in [-0.2, -0.15) is 0 Å². The van der Waals surface area contributed by atoms with Crippen molar-refractivity contribution in [3.05, 3.63) is 34.9 Å². The summed E-state index contributed by atoms with van der Waals surface area (Å²) < 4.78 is 10.2. The average Bonchev–Trinajstić information content (AvgIpc) is 2.39. The van der Waals surface area contributed by atoms with Crippen molar-refractivity contribution in [3.63, 3.8) is 0 Å². The summed E-state index contributed by atoms with van der Waals surface area (Å²) in [6.45, 7) is -0.0147. The largest absolute Gasteiger partial charge is 0.359 e. The molecule has 1 aromatic carbocycles. The van der Waals surface area contributed by atoms with Gasteiger partial charge < -0.3 is 9.47 Å². The fourth-order valence-electron chi connectivity index (χ4n) is 1.37. The minimum atomic E-state index is -0.858. The second-order valence-corrected chi connectivity index (χ2v) is 3.90. The van der Waals surface area contributed by atoms with E-state index in [1.54, 1.807) is 24.3 Å². The quantitative estimate of drug-likeness (QED) is 0.588. The molecule has 0 bridgehead atoms. The number of likely N-dealkylation sites (N-methyl/N-ethyl adjacent to an activating group) is 1. The summed E-state index contributed by atoms with van der Waals surface area (Å²) in [6.07, 6.45) is -0.858. The summed E-state index contributed by atoms with van der Waals surface area (Å²) in [5, 5.41) is 1.54. The lowest BCUT2D eigenvalue weighted by atomic mass is 10.1. The maximum Gasteiger partial charge on any atom is 0.279 e. The van der Waals surface area contributed by atoms with Gasteiger partial charge in [0.25, 0.3) is 5.91 Å². The Labute approximate surface area is 111 Å². The summed E-state index contributed by atoms with van der Waals surface area (Å²) in [4.78, 5) is 16.9. The number of nitrogens with zero attached hydrogens (tertiary/aromatic N) is 1. The van der Waals surface area contributed by atoms with E-state index in [2.05, 4.69) is 0 Å². The van der Waals surface area contributed by atoms with Crippen molar-refractivity contribution in [2.24, 2.45) is 0 Å². The third-order valence-corrected chi connectivity index (χ3v) is 2.69. The normalized spacial score (nSPS) is 12.2. The molecule has 0 unspecified atom stereocenters. The summed E-state index contributed by atoms with van der Waals surface area (Å²) >= 11 is 6.06. The molecule has 1 amide bonds. The van der Waals surface area contributed by atoms with Gasteiger partial charge in [0.15, 0.2) is 6.10 Å². The van der Waals surface area contributed by atoms with Crippen LogP contribution in [-0.4, -0.2) is 39.0 Å². The molecule has 18 heavy (non-hydrogen) atoms. The van der Waals surface area contributed by atoms with Crippen molar-refractivity contribution in [1.29, 1.82) is 0 Å². The number of hydrogen-bond acceptors (Lipinski definition) is 4. The van der Waals surface area contributed by atoms with Crippen molar-refractivity contribution < 1.29 is 19.1 Å². The molecule has 0 N–H and O–H groups in total. The van der Waals surface area contributed by atoms with Crippen LogP contribution >= 0.6 is 11.6 Å². The minimum absolute atomic E-state index is 0.0147. The van der Waals surface area contributed by atoms with E-state index in [0.717, 1.165) is 5.06 Å². The number of carbonyl (C=O) groups is 1. The van der Waals surface area contributed by atoms with Crippen LogP contribution in [0.25, 0.3) is 0 Å². The Morgan fingerprint density at radius 1 is 1.39 bits per heavy atom. The monoisotopic (exact) mass is 273 g/mol. The first-order chi connectivity index (χ1) is 8.61.